The fourth-order valence-corrected chi connectivity index (χ4v) is 7.41. The van der Waals surface area contributed by atoms with Crippen molar-refractivity contribution in [2.24, 2.45) is 17.3 Å². The minimum absolute atomic E-state index is 0.00508. The Balaban J connectivity index is 1.70. The highest BCUT2D eigenvalue weighted by Crippen LogP contribution is 2.64. The van der Waals surface area contributed by atoms with Crippen LogP contribution in [-0.2, 0) is 19.1 Å². The highest BCUT2D eigenvalue weighted by atomic mass is 16.5. The number of hydrogen-bond donors (Lipinski definition) is 3. The van der Waals surface area contributed by atoms with Crippen molar-refractivity contribution in [3.63, 3.8) is 0 Å². The number of nitrogens with zero attached hydrogens (tertiary/aromatic N) is 1. The molecule has 0 aliphatic carbocycles. The van der Waals surface area contributed by atoms with E-state index in [1.165, 1.54) is 0 Å². The van der Waals surface area contributed by atoms with Gasteiger partial charge >= 0.3 is 0 Å². The van der Waals surface area contributed by atoms with Crippen LogP contribution in [0.15, 0.2) is 30.3 Å². The smallest absolute Gasteiger partial charge is 0.246 e. The molecule has 4 rings (SSSR count). The Morgan fingerprint density at radius 2 is 1.78 bits per heavy atom. The molecule has 3 amide bonds. The van der Waals surface area contributed by atoms with Gasteiger partial charge in [-0.3, -0.25) is 14.4 Å². The Bertz CT molecular complexity index is 1040. The molecule has 1 aromatic carbocycles. The minimum Gasteiger partial charge on any atom is -0.396 e. The lowest BCUT2D eigenvalue weighted by Gasteiger charge is -2.38. The number of para-hydroxylation sites is 1. The average Bonchev–Trinajstić information content (AvgIpc) is 3.40. The van der Waals surface area contributed by atoms with Gasteiger partial charge in [0, 0.05) is 24.4 Å². The third-order valence-corrected chi connectivity index (χ3v) is 8.24. The molecule has 3 aliphatic heterocycles. The van der Waals surface area contributed by atoms with E-state index in [4.69, 9.17) is 4.74 Å². The summed E-state index contributed by atoms with van der Waals surface area (Å²) in [5.41, 5.74) is -1.70. The molecule has 2 unspecified atom stereocenters. The van der Waals surface area contributed by atoms with E-state index in [0.29, 0.717) is 31.4 Å². The molecular formula is C29H43N3O5. The van der Waals surface area contributed by atoms with Crippen molar-refractivity contribution in [1.82, 2.24) is 10.2 Å². The van der Waals surface area contributed by atoms with Crippen LogP contribution in [0.1, 0.15) is 73.6 Å². The SMILES string of the molecule is CC[C@]12CCC3(O1)C(C(=O)NC(C)(C)CC(C)(C)C)N(CCCO)C(=O)[C@@H]3[C@H]2C(=O)Nc1ccccc1. The number of nitrogens with one attached hydrogen (secondary N) is 2. The number of aliphatic hydroxyl groups is 1. The predicted octanol–water partition coefficient (Wildman–Crippen LogP) is 3.49. The second kappa shape index (κ2) is 9.70. The number of carbonyl (C=O) groups is 3. The molecule has 1 spiro atoms. The normalized spacial score (nSPS) is 30.9. The Morgan fingerprint density at radius 1 is 1.11 bits per heavy atom. The predicted molar refractivity (Wildman–Crippen MR) is 142 cm³/mol. The summed E-state index contributed by atoms with van der Waals surface area (Å²) in [6.45, 7) is 12.5. The summed E-state index contributed by atoms with van der Waals surface area (Å²) < 4.78 is 6.78. The summed E-state index contributed by atoms with van der Waals surface area (Å²) in [6.07, 6.45) is 2.83. The zero-order chi connectivity index (χ0) is 27.2. The highest BCUT2D eigenvalue weighted by Gasteiger charge is 2.78. The third kappa shape index (κ3) is 4.90. The Morgan fingerprint density at radius 3 is 2.38 bits per heavy atom. The maximum absolute atomic E-state index is 14.0. The fraction of sp³-hybridized carbons (Fsp3) is 0.690. The van der Waals surface area contributed by atoms with Crippen LogP contribution in [0.25, 0.3) is 0 Å². The average molecular weight is 514 g/mol. The molecule has 8 nitrogen and oxygen atoms in total. The van der Waals surface area contributed by atoms with Gasteiger partial charge in [0.05, 0.1) is 17.4 Å². The molecule has 3 saturated heterocycles. The van der Waals surface area contributed by atoms with Gasteiger partial charge in [-0.2, -0.15) is 0 Å². The number of anilines is 1. The molecule has 0 radical (unpaired) electrons. The van der Waals surface area contributed by atoms with E-state index in [9.17, 15) is 19.5 Å². The number of aliphatic hydroxyl groups excluding tert-OH is 1. The van der Waals surface area contributed by atoms with Crippen LogP contribution in [0.5, 0.6) is 0 Å². The van der Waals surface area contributed by atoms with Crippen LogP contribution < -0.4 is 10.6 Å². The number of ether oxygens (including phenoxy) is 1. The lowest BCUT2D eigenvalue weighted by atomic mass is 9.65. The second-order valence-corrected chi connectivity index (χ2v) is 12.9. The molecule has 8 heteroatoms. The van der Waals surface area contributed by atoms with Crippen LogP contribution in [-0.4, -0.2) is 63.7 Å². The molecule has 2 bridgehead atoms. The zero-order valence-corrected chi connectivity index (χ0v) is 23.1. The van der Waals surface area contributed by atoms with E-state index < -0.39 is 34.6 Å². The van der Waals surface area contributed by atoms with E-state index in [1.54, 1.807) is 4.90 Å². The first-order valence-electron chi connectivity index (χ1n) is 13.6. The van der Waals surface area contributed by atoms with Gasteiger partial charge in [-0.15, -0.1) is 0 Å². The van der Waals surface area contributed by atoms with Crippen LogP contribution in [0, 0.1) is 17.3 Å². The van der Waals surface area contributed by atoms with Crippen molar-refractivity contribution < 1.29 is 24.2 Å². The molecule has 204 valence electrons. The third-order valence-electron chi connectivity index (χ3n) is 8.24. The summed E-state index contributed by atoms with van der Waals surface area (Å²) in [6, 6.07) is 8.36. The topological polar surface area (TPSA) is 108 Å². The van der Waals surface area contributed by atoms with E-state index in [1.807, 2.05) is 51.1 Å². The number of hydrogen-bond acceptors (Lipinski definition) is 5. The van der Waals surface area contributed by atoms with Gasteiger partial charge < -0.3 is 25.4 Å². The molecule has 1 aromatic rings. The second-order valence-electron chi connectivity index (χ2n) is 12.9. The first kappa shape index (κ1) is 27.6. The van der Waals surface area contributed by atoms with Crippen LogP contribution in [0.3, 0.4) is 0 Å². The molecule has 0 aromatic heterocycles. The van der Waals surface area contributed by atoms with E-state index in [2.05, 4.69) is 31.4 Å². The summed E-state index contributed by atoms with van der Waals surface area (Å²) in [5, 5.41) is 15.7. The number of benzene rings is 1. The van der Waals surface area contributed by atoms with Gasteiger partial charge in [-0.1, -0.05) is 45.9 Å². The lowest BCUT2D eigenvalue weighted by molar-refractivity contribution is -0.147. The number of rotatable bonds is 9. The van der Waals surface area contributed by atoms with E-state index in [0.717, 1.165) is 6.42 Å². The molecular weight excluding hydrogens is 470 g/mol. The molecule has 3 aliphatic rings. The molecule has 5 atom stereocenters. The van der Waals surface area contributed by atoms with Gasteiger partial charge in [0.25, 0.3) is 0 Å². The van der Waals surface area contributed by atoms with Crippen molar-refractivity contribution >= 4 is 23.4 Å². The molecule has 0 saturated carbocycles. The van der Waals surface area contributed by atoms with E-state index in [-0.39, 0.29) is 36.3 Å². The lowest BCUT2D eigenvalue weighted by Crippen LogP contribution is -2.59. The maximum Gasteiger partial charge on any atom is 0.246 e. The number of carbonyl (C=O) groups excluding carboxylic acids is 3. The van der Waals surface area contributed by atoms with Crippen molar-refractivity contribution in [2.75, 3.05) is 18.5 Å². The number of fused-ring (bicyclic) bond motifs is 1. The summed E-state index contributed by atoms with van der Waals surface area (Å²) in [7, 11) is 0. The highest BCUT2D eigenvalue weighted by molar-refractivity contribution is 6.02. The summed E-state index contributed by atoms with van der Waals surface area (Å²) >= 11 is 0. The molecule has 3 heterocycles. The Hall–Kier alpha value is -2.45. The monoisotopic (exact) mass is 513 g/mol. The summed E-state index contributed by atoms with van der Waals surface area (Å²) in [4.78, 5) is 43.3. The maximum atomic E-state index is 14.0. The first-order valence-corrected chi connectivity index (χ1v) is 13.6. The molecule has 37 heavy (non-hydrogen) atoms. The Kier molecular flexibility index (Phi) is 7.23. The summed E-state index contributed by atoms with van der Waals surface area (Å²) in [5.74, 6) is -2.17. The van der Waals surface area contributed by atoms with Gasteiger partial charge in [0.15, 0.2) is 0 Å². The van der Waals surface area contributed by atoms with Gasteiger partial charge in [0.2, 0.25) is 17.7 Å². The largest absolute Gasteiger partial charge is 0.396 e. The first-order chi connectivity index (χ1) is 17.3. The van der Waals surface area contributed by atoms with Crippen LogP contribution >= 0.6 is 0 Å². The van der Waals surface area contributed by atoms with Gasteiger partial charge in [0.1, 0.15) is 11.6 Å². The fourth-order valence-electron chi connectivity index (χ4n) is 7.41. The van der Waals surface area contributed by atoms with Crippen LogP contribution in [0.4, 0.5) is 5.69 Å². The Labute approximate surface area is 220 Å². The zero-order valence-electron chi connectivity index (χ0n) is 23.1. The van der Waals surface area contributed by atoms with Crippen molar-refractivity contribution in [1.29, 1.82) is 0 Å². The quantitative estimate of drug-likeness (QED) is 0.469. The van der Waals surface area contributed by atoms with Gasteiger partial charge in [-0.25, -0.2) is 0 Å². The van der Waals surface area contributed by atoms with Crippen molar-refractivity contribution in [3.8, 4) is 0 Å². The van der Waals surface area contributed by atoms with Crippen molar-refractivity contribution in [3.05, 3.63) is 30.3 Å². The minimum atomic E-state index is -1.07. The number of amides is 3. The molecule has 3 N–H and O–H groups in total. The van der Waals surface area contributed by atoms with Crippen LogP contribution in [0.2, 0.25) is 0 Å². The van der Waals surface area contributed by atoms with Crippen molar-refractivity contribution in [2.45, 2.75) is 96.4 Å². The number of likely N-dealkylation sites (tertiary alicyclic amines) is 1. The molecule has 3 fully saturated rings. The van der Waals surface area contributed by atoms with E-state index >= 15 is 0 Å². The standard InChI is InChI=1S/C29H43N3O5/c1-7-28-14-15-29(37-28)21(20(28)23(34)30-19-12-9-8-10-13-19)25(36)32(16-11-17-33)22(29)24(35)31-27(5,6)18-26(2,3)4/h8-10,12-13,20-22,33H,7,11,14-18H2,1-6H3,(H,30,34)(H,31,35)/t20-,21-,22?,28+,29?/m0/s1. The van der Waals surface area contributed by atoms with Gasteiger partial charge in [-0.05, 0) is 63.5 Å².